The molecule has 1 aliphatic rings. The van der Waals surface area contributed by atoms with Crippen molar-refractivity contribution in [2.45, 2.75) is 44.1 Å². The van der Waals surface area contributed by atoms with Crippen molar-refractivity contribution < 1.29 is 4.79 Å². The van der Waals surface area contributed by atoms with Crippen molar-refractivity contribution in [3.8, 4) is 0 Å². The number of nitrogens with zero attached hydrogens (tertiary/aromatic N) is 2. The summed E-state index contributed by atoms with van der Waals surface area (Å²) in [5, 5.41) is 3.49. The third-order valence-electron chi connectivity index (χ3n) is 4.07. The molecule has 2 rings (SSSR count). The summed E-state index contributed by atoms with van der Waals surface area (Å²) in [7, 11) is 3.69. The summed E-state index contributed by atoms with van der Waals surface area (Å²) in [6.45, 7) is 0.948. The normalized spacial score (nSPS) is 22.5. The lowest BCUT2D eigenvalue weighted by Crippen LogP contribution is -2.58. The van der Waals surface area contributed by atoms with E-state index in [1.165, 1.54) is 6.42 Å². The summed E-state index contributed by atoms with van der Waals surface area (Å²) in [4.78, 5) is 18.6. The van der Waals surface area contributed by atoms with E-state index >= 15 is 0 Å². The zero-order valence-corrected chi connectivity index (χ0v) is 12.6. The molecule has 0 aliphatic carbocycles. The van der Waals surface area contributed by atoms with E-state index in [0.29, 0.717) is 0 Å². The minimum Gasteiger partial charge on any atom is -0.347 e. The van der Waals surface area contributed by atoms with Crippen molar-refractivity contribution in [3.63, 3.8) is 0 Å². The number of hydrogen-bond donors (Lipinski definition) is 1. The average molecular weight is 275 g/mol. The molecule has 1 fully saturated rings. The van der Waals surface area contributed by atoms with Crippen LogP contribution in [0.3, 0.4) is 0 Å². The molecule has 0 aromatic carbocycles. The summed E-state index contributed by atoms with van der Waals surface area (Å²) >= 11 is 0. The predicted octanol–water partition coefficient (Wildman–Crippen LogP) is 2.00. The Bertz CT molecular complexity index is 425. The van der Waals surface area contributed by atoms with E-state index < -0.39 is 0 Å². The monoisotopic (exact) mass is 275 g/mol. The van der Waals surface area contributed by atoms with Gasteiger partial charge >= 0.3 is 0 Å². The highest BCUT2D eigenvalue weighted by Gasteiger charge is 2.39. The van der Waals surface area contributed by atoms with Gasteiger partial charge < -0.3 is 10.2 Å². The lowest BCUT2D eigenvalue weighted by Gasteiger charge is -2.39. The van der Waals surface area contributed by atoms with Crippen molar-refractivity contribution >= 4 is 5.91 Å². The Morgan fingerprint density at radius 2 is 2.25 bits per heavy atom. The van der Waals surface area contributed by atoms with Crippen molar-refractivity contribution in [1.82, 2.24) is 15.2 Å². The zero-order valence-electron chi connectivity index (χ0n) is 12.6. The standard InChI is InChI=1S/C16H25N3O/c1-19(2)15(20)16(10-4-6-13-18-16)11-7-9-14-8-3-5-12-17-14/h3,5,8,12,18H,4,6-7,9-11,13H2,1-2H3. The SMILES string of the molecule is CN(C)C(=O)C1(CCCc2ccccn2)CCCCN1. The second kappa shape index (κ2) is 6.84. The highest BCUT2D eigenvalue weighted by atomic mass is 16.2. The van der Waals surface area contributed by atoms with Gasteiger partial charge in [0.05, 0.1) is 5.54 Å². The molecule has 0 saturated carbocycles. The second-order valence-corrected chi connectivity index (χ2v) is 5.84. The first-order chi connectivity index (χ1) is 9.64. The van der Waals surface area contributed by atoms with Gasteiger partial charge in [-0.25, -0.2) is 0 Å². The molecule has 1 N–H and O–H groups in total. The number of likely N-dealkylation sites (N-methyl/N-ethyl adjacent to an activating group) is 1. The molecule has 1 aliphatic heterocycles. The lowest BCUT2D eigenvalue weighted by molar-refractivity contribution is -0.137. The van der Waals surface area contributed by atoms with E-state index in [2.05, 4.69) is 16.4 Å². The van der Waals surface area contributed by atoms with Crippen molar-refractivity contribution in [1.29, 1.82) is 0 Å². The van der Waals surface area contributed by atoms with Gasteiger partial charge in [-0.15, -0.1) is 0 Å². The Kier molecular flexibility index (Phi) is 5.12. The number of rotatable bonds is 5. The average Bonchev–Trinajstić information content (AvgIpc) is 2.48. The van der Waals surface area contributed by atoms with Gasteiger partial charge in [0.1, 0.15) is 0 Å². The molecule has 0 bridgehead atoms. The van der Waals surface area contributed by atoms with Crippen LogP contribution in [0, 0.1) is 0 Å². The molecular formula is C16H25N3O. The molecule has 1 amide bonds. The molecule has 2 heterocycles. The van der Waals surface area contributed by atoms with Gasteiger partial charge in [0.15, 0.2) is 0 Å². The summed E-state index contributed by atoms with van der Waals surface area (Å²) in [5.74, 6) is 0.221. The van der Waals surface area contributed by atoms with Crippen LogP contribution in [0.5, 0.6) is 0 Å². The molecule has 1 saturated heterocycles. The number of piperidine rings is 1. The van der Waals surface area contributed by atoms with Crippen LogP contribution in [-0.2, 0) is 11.2 Å². The first-order valence-electron chi connectivity index (χ1n) is 7.51. The largest absolute Gasteiger partial charge is 0.347 e. The Balaban J connectivity index is 1.96. The Hall–Kier alpha value is -1.42. The Morgan fingerprint density at radius 1 is 1.40 bits per heavy atom. The van der Waals surface area contributed by atoms with Gasteiger partial charge in [-0.05, 0) is 57.2 Å². The maximum atomic E-state index is 12.5. The number of aryl methyl sites for hydroxylation is 1. The van der Waals surface area contributed by atoms with Crippen LogP contribution >= 0.6 is 0 Å². The molecule has 20 heavy (non-hydrogen) atoms. The third kappa shape index (κ3) is 3.57. The maximum absolute atomic E-state index is 12.5. The number of hydrogen-bond acceptors (Lipinski definition) is 3. The number of carbonyl (C=O) groups is 1. The number of carbonyl (C=O) groups excluding carboxylic acids is 1. The van der Waals surface area contributed by atoms with Crippen LogP contribution in [0.4, 0.5) is 0 Å². The fourth-order valence-corrected chi connectivity index (χ4v) is 3.02. The lowest BCUT2D eigenvalue weighted by atomic mass is 9.83. The van der Waals surface area contributed by atoms with Crippen LogP contribution in [0.2, 0.25) is 0 Å². The quantitative estimate of drug-likeness (QED) is 0.894. The number of amides is 1. The molecule has 1 unspecified atom stereocenters. The first-order valence-corrected chi connectivity index (χ1v) is 7.51. The topological polar surface area (TPSA) is 45.2 Å². The van der Waals surface area contributed by atoms with E-state index in [-0.39, 0.29) is 11.4 Å². The summed E-state index contributed by atoms with van der Waals surface area (Å²) in [6.07, 6.45) is 7.90. The van der Waals surface area contributed by atoms with Crippen molar-refractivity contribution in [2.75, 3.05) is 20.6 Å². The van der Waals surface area contributed by atoms with Crippen molar-refractivity contribution in [2.24, 2.45) is 0 Å². The van der Waals surface area contributed by atoms with Crippen LogP contribution < -0.4 is 5.32 Å². The van der Waals surface area contributed by atoms with Gasteiger partial charge in [0.2, 0.25) is 5.91 Å². The summed E-state index contributed by atoms with van der Waals surface area (Å²) in [6, 6.07) is 6.00. The molecule has 0 radical (unpaired) electrons. The van der Waals surface area contributed by atoms with E-state index in [4.69, 9.17) is 0 Å². The van der Waals surface area contributed by atoms with Gasteiger partial charge in [0, 0.05) is 26.0 Å². The van der Waals surface area contributed by atoms with Crippen LogP contribution in [-0.4, -0.2) is 42.0 Å². The van der Waals surface area contributed by atoms with Crippen LogP contribution in [0.25, 0.3) is 0 Å². The summed E-state index contributed by atoms with van der Waals surface area (Å²) in [5.41, 5.74) is 0.757. The number of aromatic nitrogens is 1. The molecule has 0 spiro atoms. The molecule has 1 aromatic heterocycles. The minimum absolute atomic E-state index is 0.221. The molecule has 110 valence electrons. The smallest absolute Gasteiger partial charge is 0.242 e. The minimum atomic E-state index is -0.351. The Labute approximate surface area is 121 Å². The third-order valence-corrected chi connectivity index (χ3v) is 4.07. The van der Waals surface area contributed by atoms with Crippen LogP contribution in [0.15, 0.2) is 24.4 Å². The number of nitrogens with one attached hydrogen (secondary N) is 1. The maximum Gasteiger partial charge on any atom is 0.242 e. The highest BCUT2D eigenvalue weighted by molar-refractivity contribution is 5.86. The fourth-order valence-electron chi connectivity index (χ4n) is 3.02. The highest BCUT2D eigenvalue weighted by Crippen LogP contribution is 2.27. The second-order valence-electron chi connectivity index (χ2n) is 5.84. The van der Waals surface area contributed by atoms with Gasteiger partial charge in [-0.3, -0.25) is 9.78 Å². The molecule has 1 atom stereocenters. The molecule has 1 aromatic rings. The van der Waals surface area contributed by atoms with E-state index in [0.717, 1.165) is 44.3 Å². The number of pyridine rings is 1. The van der Waals surface area contributed by atoms with Crippen molar-refractivity contribution in [3.05, 3.63) is 30.1 Å². The molecular weight excluding hydrogens is 250 g/mol. The van der Waals surface area contributed by atoms with Gasteiger partial charge in [0.25, 0.3) is 0 Å². The predicted molar refractivity (Wildman–Crippen MR) is 80.5 cm³/mol. The van der Waals surface area contributed by atoms with E-state index in [9.17, 15) is 4.79 Å². The van der Waals surface area contributed by atoms with Gasteiger partial charge in [-0.2, -0.15) is 0 Å². The fraction of sp³-hybridized carbons (Fsp3) is 0.625. The van der Waals surface area contributed by atoms with E-state index in [1.807, 2.05) is 32.4 Å². The Morgan fingerprint density at radius 3 is 2.85 bits per heavy atom. The summed E-state index contributed by atoms with van der Waals surface area (Å²) < 4.78 is 0. The van der Waals surface area contributed by atoms with E-state index in [1.54, 1.807) is 4.90 Å². The van der Waals surface area contributed by atoms with Gasteiger partial charge in [-0.1, -0.05) is 6.07 Å². The van der Waals surface area contributed by atoms with Crippen LogP contribution in [0.1, 0.15) is 37.8 Å². The molecule has 4 heteroatoms. The zero-order chi connectivity index (χ0) is 14.4. The first kappa shape index (κ1) is 15.0. The molecule has 4 nitrogen and oxygen atoms in total.